The molecule has 0 saturated carbocycles. The van der Waals surface area contributed by atoms with Gasteiger partial charge in [0.15, 0.2) is 17.1 Å². The fourth-order valence-electron chi connectivity index (χ4n) is 7.99. The second kappa shape index (κ2) is 13.8. The number of fused-ring (bicyclic) bond motifs is 6. The van der Waals surface area contributed by atoms with Crippen molar-refractivity contribution in [2.75, 3.05) is 0 Å². The molecule has 0 saturated heterocycles. The van der Waals surface area contributed by atoms with Crippen LogP contribution in [0, 0.1) is 53.7 Å². The first-order chi connectivity index (χ1) is 29.1. The Morgan fingerprint density at radius 1 is 0.450 bits per heavy atom. The Bertz CT molecular complexity index is 3480. The molecule has 0 N–H and O–H groups in total. The molecule has 2 aromatic heterocycles. The summed E-state index contributed by atoms with van der Waals surface area (Å²) in [5.74, 6) is 0. The van der Waals surface area contributed by atoms with E-state index in [4.69, 9.17) is 19.7 Å². The van der Waals surface area contributed by atoms with Gasteiger partial charge >= 0.3 is 6.18 Å². The minimum atomic E-state index is -4.66. The van der Waals surface area contributed by atoms with Crippen LogP contribution in [0.25, 0.3) is 91.8 Å². The molecule has 8 nitrogen and oxygen atoms in total. The van der Waals surface area contributed by atoms with E-state index in [0.29, 0.717) is 89.0 Å². The van der Waals surface area contributed by atoms with E-state index >= 15 is 0 Å². The largest absolute Gasteiger partial charge is 0.415 e. The van der Waals surface area contributed by atoms with Gasteiger partial charge in [0.2, 0.25) is 0 Å². The van der Waals surface area contributed by atoms with E-state index < -0.39 is 11.7 Å². The predicted molar refractivity (Wildman–Crippen MR) is 224 cm³/mol. The summed E-state index contributed by atoms with van der Waals surface area (Å²) in [6, 6.07) is 41.4. The number of benzene rings is 7. The second-order valence-electron chi connectivity index (χ2n) is 13.9. The zero-order valence-corrected chi connectivity index (χ0v) is 30.8. The minimum absolute atomic E-state index is 0.192. The van der Waals surface area contributed by atoms with Gasteiger partial charge in [0.05, 0.1) is 88.1 Å². The van der Waals surface area contributed by atoms with E-state index in [-0.39, 0.29) is 11.3 Å². The highest BCUT2D eigenvalue weighted by molar-refractivity contribution is 6.13. The summed E-state index contributed by atoms with van der Waals surface area (Å²) < 4.78 is 45.5. The van der Waals surface area contributed by atoms with Crippen molar-refractivity contribution in [3.63, 3.8) is 0 Å². The molecule has 9 rings (SSSR count). The monoisotopic (exact) mass is 778 g/mol. The van der Waals surface area contributed by atoms with Crippen molar-refractivity contribution in [2.45, 2.75) is 6.18 Å². The Hall–Kier alpha value is -9.13. The van der Waals surface area contributed by atoms with Gasteiger partial charge in [0.25, 0.3) is 0 Å². The number of rotatable bonds is 4. The molecule has 0 atom stereocenters. The van der Waals surface area contributed by atoms with Gasteiger partial charge in [-0.3, -0.25) is 0 Å². The van der Waals surface area contributed by atoms with E-state index in [1.54, 1.807) is 84.9 Å². The maximum atomic E-state index is 13.8. The Morgan fingerprint density at radius 2 is 0.933 bits per heavy atom. The molecule has 0 aliphatic carbocycles. The number of aromatic nitrogens is 2. The highest BCUT2D eigenvalue weighted by Crippen LogP contribution is 2.45. The Balaban J connectivity index is 1.43. The molecule has 0 spiro atoms. The van der Waals surface area contributed by atoms with Gasteiger partial charge in [0, 0.05) is 27.5 Å². The van der Waals surface area contributed by atoms with Crippen LogP contribution in [0.3, 0.4) is 0 Å². The van der Waals surface area contributed by atoms with E-state index in [2.05, 4.69) is 32.7 Å². The molecule has 0 unspecified atom stereocenters. The number of hydrogen-bond acceptors (Lipinski definition) is 3. The average molecular weight is 779 g/mol. The van der Waals surface area contributed by atoms with Gasteiger partial charge in [-0.15, -0.1) is 0 Å². The molecule has 0 bridgehead atoms. The third-order valence-corrected chi connectivity index (χ3v) is 10.7. The van der Waals surface area contributed by atoms with Crippen LogP contribution in [0.5, 0.6) is 0 Å². The molecule has 2 heterocycles. The van der Waals surface area contributed by atoms with Crippen molar-refractivity contribution in [2.24, 2.45) is 0 Å². The fraction of sp³-hybridized carbons (Fsp3) is 0.0204. The van der Waals surface area contributed by atoms with Gasteiger partial charge in [-0.05, 0) is 113 Å². The van der Waals surface area contributed by atoms with E-state index in [1.807, 2.05) is 33.4 Å². The molecule has 0 aliphatic rings. The van der Waals surface area contributed by atoms with Crippen molar-refractivity contribution in [1.29, 1.82) is 15.8 Å². The van der Waals surface area contributed by atoms with Gasteiger partial charge in [-0.1, -0.05) is 36.4 Å². The SMILES string of the molecule is [C-]#[N+]c1ccc2c(c1)c1cc([N+]#[C-])ccc1n2-c1ccc(-c2ccc(C(F)(F)F)cc2[N+]#[C-])cc1-c1ccc(C#N)cc1-n1c2ccc(C#N)cc2c2cc(C#N)ccc21. The van der Waals surface area contributed by atoms with Crippen LogP contribution in [0.4, 0.5) is 30.2 Å². The maximum Gasteiger partial charge on any atom is 0.415 e. The van der Waals surface area contributed by atoms with Crippen molar-refractivity contribution in [3.8, 4) is 51.8 Å². The minimum Gasteiger partial charge on any atom is -0.309 e. The molecule has 0 amide bonds. The molecule has 60 heavy (non-hydrogen) atoms. The first kappa shape index (κ1) is 36.5. The van der Waals surface area contributed by atoms with Crippen molar-refractivity contribution >= 4 is 60.7 Å². The summed E-state index contributed by atoms with van der Waals surface area (Å²) in [6.45, 7) is 23.3. The van der Waals surface area contributed by atoms with Crippen LogP contribution in [0.15, 0.2) is 127 Å². The fourth-order valence-corrected chi connectivity index (χ4v) is 7.99. The lowest BCUT2D eigenvalue weighted by molar-refractivity contribution is -0.137. The summed E-state index contributed by atoms with van der Waals surface area (Å²) in [5.41, 5.74) is 6.66. The standard InChI is InChI=1S/C49H21F3N8/c1-56-33-9-16-46-40(23-33)41-24-34(57-2)10-17-47(41)59(46)45-15-7-31(35-12-8-32(49(50,51)52)22-42(35)58-3)21-39(45)36-11-4-30(27-55)20-48(36)60-43-13-5-28(25-53)18-37(43)38-19-29(26-54)6-14-44(38)60/h4-24H. The van der Waals surface area contributed by atoms with Gasteiger partial charge in [-0.25, -0.2) is 14.5 Å². The number of hydrogen-bond donors (Lipinski definition) is 0. The summed E-state index contributed by atoms with van der Waals surface area (Å²) in [6.07, 6.45) is -4.66. The summed E-state index contributed by atoms with van der Waals surface area (Å²) in [7, 11) is 0. The molecule has 7 aromatic carbocycles. The topological polar surface area (TPSA) is 94.3 Å². The Labute approximate surface area is 339 Å². The maximum absolute atomic E-state index is 13.8. The van der Waals surface area contributed by atoms with Crippen LogP contribution in [0.2, 0.25) is 0 Å². The van der Waals surface area contributed by atoms with Crippen LogP contribution < -0.4 is 0 Å². The van der Waals surface area contributed by atoms with Crippen molar-refractivity contribution in [3.05, 3.63) is 184 Å². The Kier molecular flexibility index (Phi) is 8.40. The van der Waals surface area contributed by atoms with Gasteiger partial charge in [-0.2, -0.15) is 29.0 Å². The molecule has 0 fully saturated rings. The third-order valence-electron chi connectivity index (χ3n) is 10.7. The predicted octanol–water partition coefficient (Wildman–Crippen LogP) is 13.5. The second-order valence-corrected chi connectivity index (χ2v) is 13.9. The van der Waals surface area contributed by atoms with Crippen LogP contribution >= 0.6 is 0 Å². The highest BCUT2D eigenvalue weighted by atomic mass is 19.4. The van der Waals surface area contributed by atoms with E-state index in [9.17, 15) is 29.0 Å². The quantitative estimate of drug-likeness (QED) is 0.166. The molecular formula is C49H21F3N8. The molecule has 0 aliphatic heterocycles. The Morgan fingerprint density at radius 3 is 1.45 bits per heavy atom. The van der Waals surface area contributed by atoms with Crippen LogP contribution in [-0.2, 0) is 6.18 Å². The summed E-state index contributed by atoms with van der Waals surface area (Å²) in [4.78, 5) is 10.8. The lowest BCUT2D eigenvalue weighted by Crippen LogP contribution is -2.04. The van der Waals surface area contributed by atoms with Crippen LogP contribution in [-0.4, -0.2) is 9.13 Å². The normalized spacial score (nSPS) is 11.2. The van der Waals surface area contributed by atoms with Gasteiger partial charge < -0.3 is 9.13 Å². The number of nitrogens with zero attached hydrogens (tertiary/aromatic N) is 8. The number of halogens is 3. The smallest absolute Gasteiger partial charge is 0.309 e. The molecular weight excluding hydrogens is 758 g/mol. The summed E-state index contributed by atoms with van der Waals surface area (Å²) >= 11 is 0. The first-order valence-corrected chi connectivity index (χ1v) is 18.1. The lowest BCUT2D eigenvalue weighted by Gasteiger charge is -2.20. The first-order valence-electron chi connectivity index (χ1n) is 18.1. The zero-order chi connectivity index (χ0) is 41.9. The van der Waals surface area contributed by atoms with E-state index in [0.717, 1.165) is 22.9 Å². The number of alkyl halides is 3. The molecule has 0 radical (unpaired) electrons. The highest BCUT2D eigenvalue weighted by Gasteiger charge is 2.31. The summed E-state index contributed by atoms with van der Waals surface area (Å²) in [5, 5.41) is 32.8. The lowest BCUT2D eigenvalue weighted by atomic mass is 9.93. The van der Waals surface area contributed by atoms with E-state index in [1.165, 1.54) is 6.07 Å². The third kappa shape index (κ3) is 5.72. The van der Waals surface area contributed by atoms with Crippen molar-refractivity contribution in [1.82, 2.24) is 9.13 Å². The number of nitriles is 3. The molecule has 11 heteroatoms. The zero-order valence-electron chi connectivity index (χ0n) is 30.8. The molecule has 9 aromatic rings. The average Bonchev–Trinajstić information content (AvgIpc) is 3.78. The van der Waals surface area contributed by atoms with Crippen molar-refractivity contribution < 1.29 is 13.2 Å². The molecule has 278 valence electrons. The van der Waals surface area contributed by atoms with Gasteiger partial charge in [0.1, 0.15) is 0 Å². The van der Waals surface area contributed by atoms with Crippen LogP contribution in [0.1, 0.15) is 22.3 Å².